The molecule has 1 heterocycles. The molecule has 0 aliphatic rings. The van der Waals surface area contributed by atoms with Crippen molar-refractivity contribution in [2.45, 2.75) is 0 Å². The SMILES string of the molecule is COc1ccc(-c2cc(-c3c(F)c(F)c(F)c(F)c3F)c(C#N)c(N)n2)cc1. The summed E-state index contributed by atoms with van der Waals surface area (Å²) < 4.78 is 74.1. The number of aromatic nitrogens is 1. The Bertz CT molecular complexity index is 1100. The molecule has 0 aliphatic heterocycles. The van der Waals surface area contributed by atoms with E-state index in [1.54, 1.807) is 30.3 Å². The maximum atomic E-state index is 14.3. The molecule has 1 aromatic heterocycles. The molecule has 142 valence electrons. The number of nitrogens with zero attached hydrogens (tertiary/aromatic N) is 2. The lowest BCUT2D eigenvalue weighted by Gasteiger charge is -2.13. The van der Waals surface area contributed by atoms with Crippen LogP contribution < -0.4 is 10.5 Å². The van der Waals surface area contributed by atoms with Gasteiger partial charge in [-0.15, -0.1) is 0 Å². The molecule has 2 N–H and O–H groups in total. The number of anilines is 1. The zero-order valence-corrected chi connectivity index (χ0v) is 14.2. The fourth-order valence-electron chi connectivity index (χ4n) is 2.63. The smallest absolute Gasteiger partial charge is 0.200 e. The van der Waals surface area contributed by atoms with Crippen molar-refractivity contribution in [3.63, 3.8) is 0 Å². The first kappa shape index (κ1) is 19.1. The molecule has 0 unspecified atom stereocenters. The Morgan fingerprint density at radius 2 is 1.46 bits per heavy atom. The summed E-state index contributed by atoms with van der Waals surface area (Å²) in [4.78, 5) is 3.99. The molecule has 0 saturated carbocycles. The fourth-order valence-corrected chi connectivity index (χ4v) is 2.63. The molecule has 0 amide bonds. The summed E-state index contributed by atoms with van der Waals surface area (Å²) in [7, 11) is 1.45. The minimum atomic E-state index is -2.30. The molecule has 9 heteroatoms. The normalized spacial score (nSPS) is 10.6. The zero-order valence-electron chi connectivity index (χ0n) is 14.2. The first-order valence-corrected chi connectivity index (χ1v) is 7.67. The number of nitrogens with two attached hydrogens (primary N) is 1. The Labute approximate surface area is 155 Å². The summed E-state index contributed by atoms with van der Waals surface area (Å²) in [5.74, 6) is -10.6. The summed E-state index contributed by atoms with van der Waals surface area (Å²) in [5.41, 5.74) is 3.86. The molecule has 4 nitrogen and oxygen atoms in total. The van der Waals surface area contributed by atoms with E-state index in [1.165, 1.54) is 7.11 Å². The summed E-state index contributed by atoms with van der Waals surface area (Å²) >= 11 is 0. The molecule has 0 atom stereocenters. The maximum absolute atomic E-state index is 14.3. The van der Waals surface area contributed by atoms with E-state index in [0.29, 0.717) is 11.3 Å². The van der Waals surface area contributed by atoms with Gasteiger partial charge in [0.15, 0.2) is 23.3 Å². The van der Waals surface area contributed by atoms with Gasteiger partial charge >= 0.3 is 0 Å². The van der Waals surface area contributed by atoms with Crippen LogP contribution >= 0.6 is 0 Å². The molecule has 2 aromatic carbocycles. The molecule has 0 spiro atoms. The van der Waals surface area contributed by atoms with Gasteiger partial charge in [-0.05, 0) is 30.3 Å². The monoisotopic (exact) mass is 391 g/mol. The average molecular weight is 391 g/mol. The van der Waals surface area contributed by atoms with Gasteiger partial charge in [-0.25, -0.2) is 26.9 Å². The first-order chi connectivity index (χ1) is 13.3. The van der Waals surface area contributed by atoms with Crippen LogP contribution in [0.15, 0.2) is 30.3 Å². The number of nitrogen functional groups attached to an aromatic ring is 1. The van der Waals surface area contributed by atoms with Crippen molar-refractivity contribution in [2.24, 2.45) is 0 Å². The number of ether oxygens (including phenoxy) is 1. The molecule has 0 bridgehead atoms. The third-order valence-electron chi connectivity index (χ3n) is 4.02. The summed E-state index contributed by atoms with van der Waals surface area (Å²) in [6, 6.07) is 8.87. The topological polar surface area (TPSA) is 71.9 Å². The Hall–Kier alpha value is -3.67. The molecular weight excluding hydrogens is 381 g/mol. The van der Waals surface area contributed by atoms with Gasteiger partial charge in [-0.1, -0.05) is 0 Å². The molecule has 0 saturated heterocycles. The van der Waals surface area contributed by atoms with Crippen LogP contribution in [0.25, 0.3) is 22.4 Å². The number of halogens is 5. The van der Waals surface area contributed by atoms with Crippen molar-refractivity contribution >= 4 is 5.82 Å². The number of hydrogen-bond donors (Lipinski definition) is 1. The molecule has 3 rings (SSSR count). The second kappa shape index (κ2) is 7.15. The second-order valence-electron chi connectivity index (χ2n) is 5.60. The number of rotatable bonds is 3. The van der Waals surface area contributed by atoms with Crippen LogP contribution in [0, 0.1) is 40.4 Å². The third kappa shape index (κ3) is 2.99. The Morgan fingerprint density at radius 1 is 0.929 bits per heavy atom. The lowest BCUT2D eigenvalue weighted by Crippen LogP contribution is -2.07. The Kier molecular flexibility index (Phi) is 4.88. The minimum Gasteiger partial charge on any atom is -0.497 e. The quantitative estimate of drug-likeness (QED) is 0.403. The van der Waals surface area contributed by atoms with E-state index in [9.17, 15) is 27.2 Å². The minimum absolute atomic E-state index is 0.0677. The lowest BCUT2D eigenvalue weighted by molar-refractivity contribution is 0.381. The predicted octanol–water partition coefficient (Wildman–Crippen LogP) is 4.57. The molecular formula is C19H10F5N3O. The van der Waals surface area contributed by atoms with E-state index < -0.39 is 51.6 Å². The molecule has 0 radical (unpaired) electrons. The van der Waals surface area contributed by atoms with Gasteiger partial charge < -0.3 is 10.5 Å². The Morgan fingerprint density at radius 3 is 1.96 bits per heavy atom. The summed E-state index contributed by atoms with van der Waals surface area (Å²) in [5, 5.41) is 9.27. The van der Waals surface area contributed by atoms with Crippen molar-refractivity contribution in [3.8, 4) is 34.2 Å². The van der Waals surface area contributed by atoms with E-state index in [-0.39, 0.29) is 5.69 Å². The van der Waals surface area contributed by atoms with Crippen LogP contribution in [0.5, 0.6) is 5.75 Å². The maximum Gasteiger partial charge on any atom is 0.200 e. The summed E-state index contributed by atoms with van der Waals surface area (Å²) in [6.45, 7) is 0. The number of benzene rings is 2. The van der Waals surface area contributed by atoms with E-state index >= 15 is 0 Å². The second-order valence-corrected chi connectivity index (χ2v) is 5.60. The van der Waals surface area contributed by atoms with E-state index in [1.807, 2.05) is 0 Å². The van der Waals surface area contributed by atoms with Crippen molar-refractivity contribution in [3.05, 3.63) is 65.0 Å². The van der Waals surface area contributed by atoms with Crippen LogP contribution in [0.4, 0.5) is 27.8 Å². The lowest BCUT2D eigenvalue weighted by atomic mass is 9.97. The highest BCUT2D eigenvalue weighted by Gasteiger charge is 2.29. The molecule has 0 aliphatic carbocycles. The Balaban J connectivity index is 2.33. The highest BCUT2D eigenvalue weighted by Crippen LogP contribution is 2.37. The van der Waals surface area contributed by atoms with Crippen molar-refractivity contribution in [1.82, 2.24) is 4.98 Å². The highest BCUT2D eigenvalue weighted by atomic mass is 19.2. The van der Waals surface area contributed by atoms with Gasteiger partial charge in [0.2, 0.25) is 5.82 Å². The fraction of sp³-hybridized carbons (Fsp3) is 0.0526. The largest absolute Gasteiger partial charge is 0.497 e. The van der Waals surface area contributed by atoms with E-state index in [0.717, 1.165) is 6.07 Å². The van der Waals surface area contributed by atoms with Crippen LogP contribution in [0.2, 0.25) is 0 Å². The van der Waals surface area contributed by atoms with E-state index in [2.05, 4.69) is 4.98 Å². The zero-order chi connectivity index (χ0) is 20.6. The van der Waals surface area contributed by atoms with Crippen molar-refractivity contribution in [2.75, 3.05) is 12.8 Å². The number of nitriles is 1. The number of methoxy groups -OCH3 is 1. The van der Waals surface area contributed by atoms with Gasteiger partial charge in [-0.3, -0.25) is 0 Å². The van der Waals surface area contributed by atoms with E-state index in [4.69, 9.17) is 10.5 Å². The van der Waals surface area contributed by atoms with Gasteiger partial charge in [-0.2, -0.15) is 5.26 Å². The van der Waals surface area contributed by atoms with Crippen LogP contribution in [0.3, 0.4) is 0 Å². The van der Waals surface area contributed by atoms with Crippen LogP contribution in [-0.2, 0) is 0 Å². The average Bonchev–Trinajstić information content (AvgIpc) is 2.70. The predicted molar refractivity (Wildman–Crippen MR) is 90.6 cm³/mol. The van der Waals surface area contributed by atoms with Gasteiger partial charge in [0.25, 0.3) is 0 Å². The van der Waals surface area contributed by atoms with Gasteiger partial charge in [0.1, 0.15) is 23.2 Å². The number of hydrogen-bond acceptors (Lipinski definition) is 4. The standard InChI is InChI=1S/C19H10F5N3O/c1-28-9-4-2-8(3-5-9)12-6-10(11(7-25)19(26)27-12)13-14(20)16(22)18(24)17(23)15(13)21/h2-6H,1H3,(H2,26,27). The third-order valence-corrected chi connectivity index (χ3v) is 4.02. The first-order valence-electron chi connectivity index (χ1n) is 7.67. The van der Waals surface area contributed by atoms with Gasteiger partial charge in [0, 0.05) is 11.1 Å². The molecule has 28 heavy (non-hydrogen) atoms. The van der Waals surface area contributed by atoms with Crippen LogP contribution in [-0.4, -0.2) is 12.1 Å². The molecule has 0 fully saturated rings. The van der Waals surface area contributed by atoms with Gasteiger partial charge in [0.05, 0.1) is 18.4 Å². The number of pyridine rings is 1. The van der Waals surface area contributed by atoms with Crippen LogP contribution in [0.1, 0.15) is 5.56 Å². The summed E-state index contributed by atoms with van der Waals surface area (Å²) in [6.07, 6.45) is 0. The van der Waals surface area contributed by atoms with Crippen molar-refractivity contribution in [1.29, 1.82) is 5.26 Å². The van der Waals surface area contributed by atoms with Crippen molar-refractivity contribution < 1.29 is 26.7 Å². The molecule has 3 aromatic rings. The highest BCUT2D eigenvalue weighted by molar-refractivity contribution is 5.81.